The molecule has 0 unspecified atom stereocenters. The lowest BCUT2D eigenvalue weighted by Crippen LogP contribution is -2.27. The third-order valence-corrected chi connectivity index (χ3v) is 2.95. The molecule has 18 heavy (non-hydrogen) atoms. The highest BCUT2D eigenvalue weighted by molar-refractivity contribution is 6.45. The summed E-state index contributed by atoms with van der Waals surface area (Å²) in [4.78, 5) is 16.3. The van der Waals surface area contributed by atoms with Crippen molar-refractivity contribution in [1.29, 1.82) is 0 Å². The maximum absolute atomic E-state index is 13.1. The number of hydrogen-bond donors (Lipinski definition) is 1. The first-order chi connectivity index (χ1) is 8.66. The largest absolute Gasteiger partial charge is 0.390 e. The minimum Gasteiger partial charge on any atom is -0.390 e. The van der Waals surface area contributed by atoms with Gasteiger partial charge in [0.05, 0.1) is 0 Å². The van der Waals surface area contributed by atoms with Crippen molar-refractivity contribution in [2.75, 3.05) is 0 Å². The first kappa shape index (κ1) is 10.7. The topological polar surface area (TPSA) is 64.7 Å². The van der Waals surface area contributed by atoms with E-state index in [1.54, 1.807) is 18.2 Å². The molecule has 0 aliphatic carbocycles. The lowest BCUT2D eigenvalue weighted by atomic mass is 9.95. The standard InChI is InChI=1S/C13H9FN2O2/c14-8-2-4-9-7(5-8)1-3-10-11(9)6-18-16-12(10)13(15)17/h1-5H,6H2,(H2,15,17). The number of amides is 1. The number of carbonyl (C=O) groups is 1. The van der Waals surface area contributed by atoms with Crippen LogP contribution in [0.15, 0.2) is 35.5 Å². The van der Waals surface area contributed by atoms with E-state index < -0.39 is 5.91 Å². The lowest BCUT2D eigenvalue weighted by molar-refractivity contribution is -0.112. The van der Waals surface area contributed by atoms with Crippen molar-refractivity contribution in [3.05, 3.63) is 47.3 Å². The molecule has 3 rings (SSSR count). The van der Waals surface area contributed by atoms with Crippen molar-refractivity contribution in [3.63, 3.8) is 0 Å². The number of halogens is 1. The van der Waals surface area contributed by atoms with Gasteiger partial charge in [-0.05, 0) is 22.9 Å². The van der Waals surface area contributed by atoms with Gasteiger partial charge in [0.1, 0.15) is 12.4 Å². The molecule has 0 bridgehead atoms. The number of rotatable bonds is 1. The van der Waals surface area contributed by atoms with E-state index >= 15 is 0 Å². The Bertz CT molecular complexity index is 695. The van der Waals surface area contributed by atoms with Crippen LogP contribution in [0.2, 0.25) is 0 Å². The van der Waals surface area contributed by atoms with Crippen LogP contribution >= 0.6 is 0 Å². The zero-order valence-corrected chi connectivity index (χ0v) is 9.31. The predicted octanol–water partition coefficient (Wildman–Crippen LogP) is 1.70. The Labute approximate surface area is 102 Å². The molecule has 4 nitrogen and oxygen atoms in total. The van der Waals surface area contributed by atoms with Crippen LogP contribution in [0.5, 0.6) is 0 Å². The molecule has 0 saturated heterocycles. The van der Waals surface area contributed by atoms with Crippen LogP contribution in [0, 0.1) is 5.82 Å². The molecule has 0 spiro atoms. The Morgan fingerprint density at radius 3 is 2.94 bits per heavy atom. The molecule has 0 aromatic heterocycles. The summed E-state index contributed by atoms with van der Waals surface area (Å²) in [7, 11) is 0. The molecule has 1 amide bonds. The molecule has 0 radical (unpaired) electrons. The second kappa shape index (κ2) is 3.80. The van der Waals surface area contributed by atoms with Gasteiger partial charge in [-0.2, -0.15) is 0 Å². The number of nitrogens with two attached hydrogens (primary N) is 1. The summed E-state index contributed by atoms with van der Waals surface area (Å²) in [5.74, 6) is -0.944. The molecule has 2 aromatic carbocycles. The van der Waals surface area contributed by atoms with Crippen LogP contribution in [0.3, 0.4) is 0 Å². The fourth-order valence-electron chi connectivity index (χ4n) is 2.13. The summed E-state index contributed by atoms with van der Waals surface area (Å²) in [5, 5.41) is 5.25. The first-order valence-electron chi connectivity index (χ1n) is 5.38. The van der Waals surface area contributed by atoms with Gasteiger partial charge in [0.25, 0.3) is 5.91 Å². The van der Waals surface area contributed by atoms with Gasteiger partial charge in [-0.1, -0.05) is 23.4 Å². The first-order valence-corrected chi connectivity index (χ1v) is 5.38. The summed E-state index contributed by atoms with van der Waals surface area (Å²) in [5.41, 5.74) is 6.79. The van der Waals surface area contributed by atoms with Gasteiger partial charge >= 0.3 is 0 Å². The maximum atomic E-state index is 13.1. The number of nitrogens with zero attached hydrogens (tertiary/aromatic N) is 1. The second-order valence-electron chi connectivity index (χ2n) is 4.03. The number of carbonyl (C=O) groups excluding carboxylic acids is 1. The Hall–Kier alpha value is -2.43. The zero-order valence-electron chi connectivity index (χ0n) is 9.31. The summed E-state index contributed by atoms with van der Waals surface area (Å²) in [6, 6.07) is 7.92. The summed E-state index contributed by atoms with van der Waals surface area (Å²) >= 11 is 0. The highest BCUT2D eigenvalue weighted by Gasteiger charge is 2.21. The van der Waals surface area contributed by atoms with E-state index in [0.717, 1.165) is 16.3 Å². The van der Waals surface area contributed by atoms with Gasteiger partial charge in [0.15, 0.2) is 5.71 Å². The van der Waals surface area contributed by atoms with Gasteiger partial charge in [-0.15, -0.1) is 0 Å². The molecular formula is C13H9FN2O2. The Kier molecular flexibility index (Phi) is 2.26. The van der Waals surface area contributed by atoms with Gasteiger partial charge in [0, 0.05) is 11.1 Å². The normalized spacial score (nSPS) is 13.7. The maximum Gasteiger partial charge on any atom is 0.271 e. The van der Waals surface area contributed by atoms with Crippen LogP contribution in [-0.4, -0.2) is 11.6 Å². The molecule has 0 atom stereocenters. The van der Waals surface area contributed by atoms with Crippen molar-refractivity contribution in [1.82, 2.24) is 0 Å². The third-order valence-electron chi connectivity index (χ3n) is 2.95. The summed E-state index contributed by atoms with van der Waals surface area (Å²) in [6.45, 7) is 0.245. The van der Waals surface area contributed by atoms with Crippen LogP contribution in [0.4, 0.5) is 4.39 Å². The van der Waals surface area contributed by atoms with E-state index in [0.29, 0.717) is 5.56 Å². The van der Waals surface area contributed by atoms with Crippen molar-refractivity contribution in [2.45, 2.75) is 6.61 Å². The van der Waals surface area contributed by atoms with Gasteiger partial charge in [-0.3, -0.25) is 4.79 Å². The SMILES string of the molecule is NC(=O)C1=NOCc2c1ccc1cc(F)ccc21. The van der Waals surface area contributed by atoms with Crippen LogP contribution < -0.4 is 5.73 Å². The van der Waals surface area contributed by atoms with E-state index in [2.05, 4.69) is 5.16 Å². The molecule has 1 heterocycles. The number of primary amides is 1. The third kappa shape index (κ3) is 1.52. The molecule has 0 fully saturated rings. The Morgan fingerprint density at radius 1 is 1.33 bits per heavy atom. The van der Waals surface area contributed by atoms with E-state index in [1.807, 2.05) is 0 Å². The molecule has 5 heteroatoms. The van der Waals surface area contributed by atoms with E-state index in [1.165, 1.54) is 12.1 Å². The number of benzene rings is 2. The predicted molar refractivity (Wildman–Crippen MR) is 64.4 cm³/mol. The number of fused-ring (bicyclic) bond motifs is 3. The zero-order chi connectivity index (χ0) is 12.7. The Balaban J connectivity index is 2.30. The number of hydrogen-bond acceptors (Lipinski definition) is 3. The molecule has 0 saturated carbocycles. The molecule has 1 aliphatic heterocycles. The van der Waals surface area contributed by atoms with Crippen molar-refractivity contribution in [2.24, 2.45) is 10.9 Å². The van der Waals surface area contributed by atoms with E-state index in [9.17, 15) is 9.18 Å². The van der Waals surface area contributed by atoms with Crippen LogP contribution in [0.25, 0.3) is 10.8 Å². The molecular weight excluding hydrogens is 235 g/mol. The van der Waals surface area contributed by atoms with E-state index in [-0.39, 0.29) is 18.1 Å². The number of oxime groups is 1. The monoisotopic (exact) mass is 244 g/mol. The van der Waals surface area contributed by atoms with Gasteiger partial charge < -0.3 is 10.6 Å². The van der Waals surface area contributed by atoms with Crippen LogP contribution in [0.1, 0.15) is 11.1 Å². The summed E-state index contributed by atoms with van der Waals surface area (Å²) in [6.07, 6.45) is 0. The second-order valence-corrected chi connectivity index (χ2v) is 4.03. The van der Waals surface area contributed by atoms with Gasteiger partial charge in [0.2, 0.25) is 0 Å². The molecule has 90 valence electrons. The average Bonchev–Trinajstić information content (AvgIpc) is 2.37. The van der Waals surface area contributed by atoms with Crippen molar-refractivity contribution >= 4 is 22.4 Å². The molecule has 2 aromatic rings. The highest BCUT2D eigenvalue weighted by atomic mass is 19.1. The highest BCUT2D eigenvalue weighted by Crippen LogP contribution is 2.27. The molecule has 1 aliphatic rings. The lowest BCUT2D eigenvalue weighted by Gasteiger charge is -2.16. The van der Waals surface area contributed by atoms with Gasteiger partial charge in [-0.25, -0.2) is 4.39 Å². The quantitative estimate of drug-likeness (QED) is 0.829. The Morgan fingerprint density at radius 2 is 2.17 bits per heavy atom. The van der Waals surface area contributed by atoms with E-state index in [4.69, 9.17) is 10.6 Å². The average molecular weight is 244 g/mol. The smallest absolute Gasteiger partial charge is 0.271 e. The van der Waals surface area contributed by atoms with Crippen molar-refractivity contribution < 1.29 is 14.0 Å². The minimum absolute atomic E-state index is 0.0995. The summed E-state index contributed by atoms with van der Waals surface area (Å²) < 4.78 is 13.1. The minimum atomic E-state index is -0.641. The van der Waals surface area contributed by atoms with Crippen LogP contribution in [-0.2, 0) is 16.2 Å². The van der Waals surface area contributed by atoms with Crippen molar-refractivity contribution in [3.8, 4) is 0 Å². The fraction of sp³-hybridized carbons (Fsp3) is 0.0769. The molecule has 2 N–H and O–H groups in total. The fourth-order valence-corrected chi connectivity index (χ4v) is 2.13.